The summed E-state index contributed by atoms with van der Waals surface area (Å²) in [4.78, 5) is 59.0. The van der Waals surface area contributed by atoms with Gasteiger partial charge in [0, 0.05) is 11.8 Å². The van der Waals surface area contributed by atoms with E-state index in [1.807, 2.05) is 0 Å². The lowest BCUT2D eigenvalue weighted by molar-refractivity contribution is -0.385. The summed E-state index contributed by atoms with van der Waals surface area (Å²) in [6.45, 7) is -0.729. The number of carbonyl (C=O) groups excluding carboxylic acids is 4. The zero-order valence-corrected chi connectivity index (χ0v) is 14.0. The minimum atomic E-state index is -1.04. The summed E-state index contributed by atoms with van der Waals surface area (Å²) in [5, 5.41) is 13.4. The summed E-state index contributed by atoms with van der Waals surface area (Å²) in [5.74, 6) is -4.58. The van der Waals surface area contributed by atoms with Crippen molar-refractivity contribution in [3.63, 3.8) is 0 Å². The molecule has 1 aliphatic rings. The van der Waals surface area contributed by atoms with Crippen molar-refractivity contribution < 1.29 is 28.5 Å². The fraction of sp³-hybridized carbons (Fsp3) is 0.0588. The third kappa shape index (κ3) is 3.16. The Morgan fingerprint density at radius 3 is 2.54 bits per heavy atom. The number of nitro groups is 1. The molecular weight excluding hydrogens is 375 g/mol. The average molecular weight is 386 g/mol. The standard InChI is InChI=1S/C17H11FN4O6/c18-11-5-4-8(6-10(11)15(19)24)20-13(23)7-21-16(25)9-2-1-3-12(22(27)28)14(9)17(21)26/h1-6H,7H2,(H2,19,24)(H,20,23). The number of amides is 4. The zero-order valence-electron chi connectivity index (χ0n) is 14.0. The number of nitro benzene ring substituents is 1. The maximum absolute atomic E-state index is 13.5. The number of benzene rings is 2. The SMILES string of the molecule is NC(=O)c1cc(NC(=O)CN2C(=O)c3cccc([N+](=O)[O-])c3C2=O)ccc1F. The molecule has 0 aromatic heterocycles. The molecule has 2 aromatic rings. The Morgan fingerprint density at radius 2 is 1.89 bits per heavy atom. The second-order valence-corrected chi connectivity index (χ2v) is 5.76. The number of nitrogens with two attached hydrogens (primary N) is 1. The number of halogens is 1. The molecule has 0 fully saturated rings. The average Bonchev–Trinajstić information content (AvgIpc) is 2.88. The van der Waals surface area contributed by atoms with Gasteiger partial charge in [0.1, 0.15) is 17.9 Å². The third-order valence-electron chi connectivity index (χ3n) is 3.99. The molecule has 2 aromatic carbocycles. The Morgan fingerprint density at radius 1 is 1.18 bits per heavy atom. The lowest BCUT2D eigenvalue weighted by Crippen LogP contribution is -2.37. The van der Waals surface area contributed by atoms with Gasteiger partial charge in [-0.05, 0) is 24.3 Å². The van der Waals surface area contributed by atoms with Crippen molar-refractivity contribution in [3.05, 3.63) is 69.0 Å². The van der Waals surface area contributed by atoms with Crippen LogP contribution >= 0.6 is 0 Å². The van der Waals surface area contributed by atoms with Crippen LogP contribution in [0.1, 0.15) is 31.1 Å². The fourth-order valence-corrected chi connectivity index (χ4v) is 2.75. The van der Waals surface area contributed by atoms with Crippen molar-refractivity contribution in [2.45, 2.75) is 0 Å². The van der Waals surface area contributed by atoms with E-state index in [4.69, 9.17) is 5.73 Å². The minimum absolute atomic E-state index is 0.0165. The van der Waals surface area contributed by atoms with Crippen molar-refractivity contribution in [1.29, 1.82) is 0 Å². The molecule has 3 rings (SSSR count). The Labute approximate surface area is 155 Å². The number of fused-ring (bicyclic) bond motifs is 1. The predicted octanol–water partition coefficient (Wildman–Crippen LogP) is 1.07. The highest BCUT2D eigenvalue weighted by molar-refractivity contribution is 6.24. The van der Waals surface area contributed by atoms with Crippen molar-refractivity contribution in [3.8, 4) is 0 Å². The van der Waals surface area contributed by atoms with Crippen LogP contribution in [0, 0.1) is 15.9 Å². The molecule has 10 nitrogen and oxygen atoms in total. The van der Waals surface area contributed by atoms with Crippen molar-refractivity contribution in [1.82, 2.24) is 4.90 Å². The molecule has 0 unspecified atom stereocenters. The van der Waals surface area contributed by atoms with Gasteiger partial charge in [-0.1, -0.05) is 6.07 Å². The molecule has 0 bridgehead atoms. The highest BCUT2D eigenvalue weighted by Gasteiger charge is 2.41. The fourth-order valence-electron chi connectivity index (χ4n) is 2.75. The van der Waals surface area contributed by atoms with Gasteiger partial charge < -0.3 is 11.1 Å². The van der Waals surface area contributed by atoms with Crippen LogP contribution in [0.15, 0.2) is 36.4 Å². The topological polar surface area (TPSA) is 153 Å². The van der Waals surface area contributed by atoms with Gasteiger partial charge in [0.05, 0.1) is 16.1 Å². The molecule has 0 spiro atoms. The first-order chi connectivity index (χ1) is 13.2. The lowest BCUT2D eigenvalue weighted by atomic mass is 10.1. The molecule has 142 valence electrons. The molecule has 0 saturated carbocycles. The van der Waals surface area contributed by atoms with Crippen LogP contribution in [0.3, 0.4) is 0 Å². The molecule has 1 aliphatic heterocycles. The zero-order chi connectivity index (χ0) is 20.6. The molecule has 0 atom stereocenters. The van der Waals surface area contributed by atoms with Gasteiger partial charge in [-0.2, -0.15) is 0 Å². The predicted molar refractivity (Wildman–Crippen MR) is 92.0 cm³/mol. The Bertz CT molecular complexity index is 1070. The van der Waals surface area contributed by atoms with Crippen molar-refractivity contribution in [2.24, 2.45) is 5.73 Å². The van der Waals surface area contributed by atoms with E-state index >= 15 is 0 Å². The van der Waals surface area contributed by atoms with E-state index in [0.29, 0.717) is 4.90 Å². The maximum atomic E-state index is 13.5. The molecule has 4 amide bonds. The number of primary amides is 1. The van der Waals surface area contributed by atoms with Crippen molar-refractivity contribution in [2.75, 3.05) is 11.9 Å². The van der Waals surface area contributed by atoms with Crippen LogP contribution in [-0.2, 0) is 4.79 Å². The first-order valence-corrected chi connectivity index (χ1v) is 7.73. The van der Waals surface area contributed by atoms with Crippen LogP contribution in [0.5, 0.6) is 0 Å². The van der Waals surface area contributed by atoms with E-state index in [9.17, 15) is 33.7 Å². The summed E-state index contributed by atoms with van der Waals surface area (Å²) in [7, 11) is 0. The molecule has 11 heteroatoms. The van der Waals surface area contributed by atoms with Crippen LogP contribution in [0.4, 0.5) is 15.8 Å². The van der Waals surface area contributed by atoms with Gasteiger partial charge in [-0.3, -0.25) is 34.2 Å². The number of imide groups is 1. The lowest BCUT2D eigenvalue weighted by Gasteiger charge is -2.14. The normalized spacial score (nSPS) is 12.7. The molecule has 1 heterocycles. The molecule has 28 heavy (non-hydrogen) atoms. The minimum Gasteiger partial charge on any atom is -0.366 e. The Kier molecular flexibility index (Phi) is 4.57. The van der Waals surface area contributed by atoms with Crippen LogP contribution in [0.2, 0.25) is 0 Å². The van der Waals surface area contributed by atoms with E-state index in [1.54, 1.807) is 0 Å². The smallest absolute Gasteiger partial charge is 0.282 e. The Hall–Kier alpha value is -4.15. The molecule has 0 aliphatic carbocycles. The Balaban J connectivity index is 1.80. The third-order valence-corrected chi connectivity index (χ3v) is 3.99. The number of hydrogen-bond donors (Lipinski definition) is 2. The van der Waals surface area contributed by atoms with Gasteiger partial charge in [-0.25, -0.2) is 4.39 Å². The van der Waals surface area contributed by atoms with Crippen LogP contribution in [-0.4, -0.2) is 40.0 Å². The highest BCUT2D eigenvalue weighted by Crippen LogP contribution is 2.30. The van der Waals surface area contributed by atoms with E-state index < -0.39 is 52.2 Å². The van der Waals surface area contributed by atoms with Crippen LogP contribution in [0.25, 0.3) is 0 Å². The van der Waals surface area contributed by atoms with Gasteiger partial charge in [0.2, 0.25) is 5.91 Å². The summed E-state index contributed by atoms with van der Waals surface area (Å²) in [5.41, 5.74) is 3.49. The number of nitrogens with one attached hydrogen (secondary N) is 1. The highest BCUT2D eigenvalue weighted by atomic mass is 19.1. The molecule has 3 N–H and O–H groups in total. The van der Waals surface area contributed by atoms with E-state index in [-0.39, 0.29) is 16.8 Å². The molecule has 0 radical (unpaired) electrons. The summed E-state index contributed by atoms with van der Waals surface area (Å²) < 4.78 is 13.5. The van der Waals surface area contributed by atoms with Gasteiger partial charge in [0.25, 0.3) is 23.4 Å². The number of rotatable bonds is 5. The van der Waals surface area contributed by atoms with E-state index in [2.05, 4.69) is 5.32 Å². The molecule has 0 saturated heterocycles. The van der Waals surface area contributed by atoms with E-state index in [1.165, 1.54) is 12.1 Å². The largest absolute Gasteiger partial charge is 0.366 e. The summed E-state index contributed by atoms with van der Waals surface area (Å²) in [6.07, 6.45) is 0. The number of carbonyl (C=O) groups is 4. The first-order valence-electron chi connectivity index (χ1n) is 7.73. The van der Waals surface area contributed by atoms with Gasteiger partial charge in [-0.15, -0.1) is 0 Å². The maximum Gasteiger partial charge on any atom is 0.282 e. The number of hydrogen-bond acceptors (Lipinski definition) is 6. The van der Waals surface area contributed by atoms with Gasteiger partial charge >= 0.3 is 0 Å². The number of anilines is 1. The monoisotopic (exact) mass is 386 g/mol. The van der Waals surface area contributed by atoms with E-state index in [0.717, 1.165) is 24.3 Å². The second kappa shape index (κ2) is 6.87. The van der Waals surface area contributed by atoms with Crippen molar-refractivity contribution >= 4 is 35.0 Å². The number of nitrogens with zero attached hydrogens (tertiary/aromatic N) is 2. The summed E-state index contributed by atoms with van der Waals surface area (Å²) >= 11 is 0. The summed E-state index contributed by atoms with van der Waals surface area (Å²) in [6, 6.07) is 6.67. The molecular formula is C17H11FN4O6. The first kappa shape index (κ1) is 18.6. The van der Waals surface area contributed by atoms with Gasteiger partial charge in [0.15, 0.2) is 0 Å². The quantitative estimate of drug-likeness (QED) is 0.445. The second-order valence-electron chi connectivity index (χ2n) is 5.76. The van der Waals surface area contributed by atoms with Crippen LogP contribution < -0.4 is 11.1 Å².